The maximum atomic E-state index is 5.97. The molecule has 1 atom stereocenters. The number of anilines is 2. The van der Waals surface area contributed by atoms with Crippen molar-refractivity contribution >= 4 is 23.4 Å². The largest absolute Gasteiger partial charge is 0.372 e. The van der Waals surface area contributed by atoms with E-state index >= 15 is 0 Å². The number of hydrogen-bond donors (Lipinski definition) is 1. The summed E-state index contributed by atoms with van der Waals surface area (Å²) in [5.41, 5.74) is 0. The Morgan fingerprint density at radius 2 is 2.18 bits per heavy atom. The molecular formula is C12H21ClN4. The molecule has 0 radical (unpaired) electrons. The average molecular weight is 257 g/mol. The summed E-state index contributed by atoms with van der Waals surface area (Å²) in [6.07, 6.45) is 5.04. The van der Waals surface area contributed by atoms with Gasteiger partial charge >= 0.3 is 0 Å². The van der Waals surface area contributed by atoms with Gasteiger partial charge in [0, 0.05) is 20.1 Å². The average Bonchev–Trinajstić information content (AvgIpc) is 2.35. The highest BCUT2D eigenvalue weighted by Gasteiger charge is 2.15. The number of nitrogens with zero attached hydrogens (tertiary/aromatic N) is 3. The van der Waals surface area contributed by atoms with Crippen molar-refractivity contribution in [2.75, 3.05) is 24.3 Å². The fourth-order valence-electron chi connectivity index (χ4n) is 1.87. The monoisotopic (exact) mass is 256 g/mol. The van der Waals surface area contributed by atoms with Crippen molar-refractivity contribution in [3.63, 3.8) is 0 Å². The molecule has 0 bridgehead atoms. The molecule has 5 heteroatoms. The van der Waals surface area contributed by atoms with Crippen LogP contribution in [0.25, 0.3) is 0 Å². The number of rotatable bonds is 6. The number of nitrogens with one attached hydrogen (secondary N) is 1. The predicted molar refractivity (Wildman–Crippen MR) is 74.0 cm³/mol. The summed E-state index contributed by atoms with van der Waals surface area (Å²) in [4.78, 5) is 10.8. The maximum absolute atomic E-state index is 5.97. The van der Waals surface area contributed by atoms with E-state index in [1.165, 1.54) is 0 Å². The molecular weight excluding hydrogens is 236 g/mol. The van der Waals surface area contributed by atoms with Gasteiger partial charge in [-0.05, 0) is 12.8 Å². The summed E-state index contributed by atoms with van der Waals surface area (Å²) in [6, 6.07) is 0.478. The van der Waals surface area contributed by atoms with Gasteiger partial charge in [-0.1, -0.05) is 31.9 Å². The molecule has 4 nitrogen and oxygen atoms in total. The van der Waals surface area contributed by atoms with Crippen LogP contribution in [0.5, 0.6) is 0 Å². The molecule has 1 aromatic rings. The molecule has 0 amide bonds. The number of halogens is 1. The van der Waals surface area contributed by atoms with Crippen LogP contribution < -0.4 is 10.2 Å². The SMILES string of the molecule is CCCC(CC)N(C)c1ncc(Cl)c(NC)n1. The zero-order chi connectivity index (χ0) is 12.8. The second-order valence-electron chi connectivity index (χ2n) is 4.08. The van der Waals surface area contributed by atoms with Gasteiger partial charge in [-0.3, -0.25) is 0 Å². The van der Waals surface area contributed by atoms with Crippen LogP contribution in [0.2, 0.25) is 5.02 Å². The predicted octanol–water partition coefficient (Wildman–Crippen LogP) is 3.19. The van der Waals surface area contributed by atoms with E-state index in [4.69, 9.17) is 11.6 Å². The van der Waals surface area contributed by atoms with E-state index in [0.717, 1.165) is 25.2 Å². The van der Waals surface area contributed by atoms with Crippen molar-refractivity contribution in [1.29, 1.82) is 0 Å². The van der Waals surface area contributed by atoms with Crippen molar-refractivity contribution in [3.8, 4) is 0 Å². The first-order valence-electron chi connectivity index (χ1n) is 6.07. The summed E-state index contributed by atoms with van der Waals surface area (Å²) in [5, 5.41) is 3.52. The zero-order valence-corrected chi connectivity index (χ0v) is 11.8. The lowest BCUT2D eigenvalue weighted by molar-refractivity contribution is 0.548. The molecule has 0 fully saturated rings. The van der Waals surface area contributed by atoms with Gasteiger partial charge in [-0.2, -0.15) is 4.98 Å². The fourth-order valence-corrected chi connectivity index (χ4v) is 2.06. The van der Waals surface area contributed by atoms with Gasteiger partial charge in [0.25, 0.3) is 0 Å². The van der Waals surface area contributed by atoms with Crippen molar-refractivity contribution in [2.24, 2.45) is 0 Å². The lowest BCUT2D eigenvalue weighted by atomic mass is 10.1. The summed E-state index contributed by atoms with van der Waals surface area (Å²) in [7, 11) is 3.84. The first kappa shape index (κ1) is 14.0. The quantitative estimate of drug-likeness (QED) is 0.849. The molecule has 0 aliphatic rings. The summed E-state index contributed by atoms with van der Waals surface area (Å²) in [6.45, 7) is 4.38. The minimum absolute atomic E-state index is 0.478. The Morgan fingerprint density at radius 3 is 2.71 bits per heavy atom. The highest BCUT2D eigenvalue weighted by atomic mass is 35.5. The van der Waals surface area contributed by atoms with Crippen LogP contribution in [0.3, 0.4) is 0 Å². The molecule has 17 heavy (non-hydrogen) atoms. The smallest absolute Gasteiger partial charge is 0.227 e. The third kappa shape index (κ3) is 3.46. The Balaban J connectivity index is 2.90. The topological polar surface area (TPSA) is 41.1 Å². The Labute approximate surface area is 108 Å². The van der Waals surface area contributed by atoms with E-state index < -0.39 is 0 Å². The van der Waals surface area contributed by atoms with Crippen LogP contribution in [-0.2, 0) is 0 Å². The minimum Gasteiger partial charge on any atom is -0.372 e. The van der Waals surface area contributed by atoms with Crippen molar-refractivity contribution in [3.05, 3.63) is 11.2 Å². The second-order valence-corrected chi connectivity index (χ2v) is 4.49. The van der Waals surface area contributed by atoms with Crippen molar-refractivity contribution in [2.45, 2.75) is 39.2 Å². The molecule has 0 aromatic carbocycles. The summed E-state index contributed by atoms with van der Waals surface area (Å²) >= 11 is 5.97. The van der Waals surface area contributed by atoms with Crippen LogP contribution in [0.4, 0.5) is 11.8 Å². The van der Waals surface area contributed by atoms with Gasteiger partial charge in [-0.15, -0.1) is 0 Å². The van der Waals surface area contributed by atoms with Crippen LogP contribution >= 0.6 is 11.6 Å². The third-order valence-electron chi connectivity index (χ3n) is 2.92. The van der Waals surface area contributed by atoms with Gasteiger partial charge in [0.15, 0.2) is 0 Å². The maximum Gasteiger partial charge on any atom is 0.227 e. The zero-order valence-electron chi connectivity index (χ0n) is 11.0. The van der Waals surface area contributed by atoms with E-state index in [0.29, 0.717) is 16.9 Å². The van der Waals surface area contributed by atoms with Gasteiger partial charge in [0.2, 0.25) is 5.95 Å². The molecule has 0 saturated carbocycles. The van der Waals surface area contributed by atoms with E-state index in [9.17, 15) is 0 Å². The van der Waals surface area contributed by atoms with E-state index in [1.54, 1.807) is 13.2 Å². The molecule has 1 heterocycles. The number of aromatic nitrogens is 2. The summed E-state index contributed by atoms with van der Waals surface area (Å²) < 4.78 is 0. The van der Waals surface area contributed by atoms with Gasteiger partial charge < -0.3 is 10.2 Å². The third-order valence-corrected chi connectivity index (χ3v) is 3.20. The Morgan fingerprint density at radius 1 is 1.47 bits per heavy atom. The molecule has 0 aliphatic heterocycles. The van der Waals surface area contributed by atoms with E-state index in [-0.39, 0.29) is 0 Å². The van der Waals surface area contributed by atoms with Gasteiger partial charge in [0.1, 0.15) is 10.8 Å². The molecule has 1 rings (SSSR count). The minimum atomic E-state index is 0.478. The molecule has 0 aliphatic carbocycles. The Kier molecular flexibility index (Phi) is 5.48. The lowest BCUT2D eigenvalue weighted by Crippen LogP contribution is -2.32. The molecule has 1 unspecified atom stereocenters. The molecule has 1 N–H and O–H groups in total. The first-order chi connectivity index (χ1) is 8.13. The van der Waals surface area contributed by atoms with E-state index in [2.05, 4.69) is 34.0 Å². The van der Waals surface area contributed by atoms with E-state index in [1.807, 2.05) is 7.05 Å². The highest BCUT2D eigenvalue weighted by Crippen LogP contribution is 2.22. The lowest BCUT2D eigenvalue weighted by Gasteiger charge is -2.27. The normalized spacial score (nSPS) is 12.3. The molecule has 0 saturated heterocycles. The molecule has 0 spiro atoms. The number of hydrogen-bond acceptors (Lipinski definition) is 4. The highest BCUT2D eigenvalue weighted by molar-refractivity contribution is 6.32. The van der Waals surface area contributed by atoms with Gasteiger partial charge in [0.05, 0.1) is 6.20 Å². The standard InChI is InChI=1S/C12H21ClN4/c1-5-7-9(6-2)17(4)12-15-8-10(13)11(14-3)16-12/h8-9H,5-7H2,1-4H3,(H,14,15,16). The Hall–Kier alpha value is -1.03. The van der Waals surface area contributed by atoms with Crippen LogP contribution in [0.15, 0.2) is 6.20 Å². The van der Waals surface area contributed by atoms with Gasteiger partial charge in [-0.25, -0.2) is 4.98 Å². The van der Waals surface area contributed by atoms with Crippen molar-refractivity contribution < 1.29 is 0 Å². The second kappa shape index (κ2) is 6.64. The first-order valence-corrected chi connectivity index (χ1v) is 6.44. The van der Waals surface area contributed by atoms with Crippen LogP contribution in [-0.4, -0.2) is 30.1 Å². The Bertz CT molecular complexity index is 356. The summed E-state index contributed by atoms with van der Waals surface area (Å²) in [5.74, 6) is 1.40. The van der Waals surface area contributed by atoms with Crippen LogP contribution in [0.1, 0.15) is 33.1 Å². The van der Waals surface area contributed by atoms with Crippen molar-refractivity contribution in [1.82, 2.24) is 9.97 Å². The fraction of sp³-hybridized carbons (Fsp3) is 0.667. The molecule has 1 aromatic heterocycles. The van der Waals surface area contributed by atoms with Crippen LogP contribution in [0, 0.1) is 0 Å². The molecule has 96 valence electrons.